The second-order valence-corrected chi connectivity index (χ2v) is 9.42. The van der Waals surface area contributed by atoms with Gasteiger partial charge >= 0.3 is 0 Å². The molecule has 5 rings (SSSR count). The van der Waals surface area contributed by atoms with E-state index in [4.69, 9.17) is 4.74 Å². The van der Waals surface area contributed by atoms with Crippen molar-refractivity contribution in [3.8, 4) is 16.9 Å². The highest BCUT2D eigenvalue weighted by Gasteiger charge is 2.42. The number of hydrogen-bond donors (Lipinski definition) is 1. The van der Waals surface area contributed by atoms with Gasteiger partial charge in [0.15, 0.2) is 0 Å². The Morgan fingerprint density at radius 2 is 1.72 bits per heavy atom. The second kappa shape index (κ2) is 8.12. The number of unbranched alkanes of at least 4 members (excludes halogenated alkanes) is 3. The molecule has 32 heavy (non-hydrogen) atoms. The van der Waals surface area contributed by atoms with E-state index in [1.165, 1.54) is 40.5 Å². The Balaban J connectivity index is 1.67. The maximum absolute atomic E-state index is 13.4. The third-order valence-electron chi connectivity index (χ3n) is 7.01. The number of hydrogen-bond acceptors (Lipinski definition) is 2. The van der Waals surface area contributed by atoms with Gasteiger partial charge in [0.1, 0.15) is 12.4 Å². The fraction of sp³-hybridized carbons (Fsp3) is 0.345. The fourth-order valence-corrected chi connectivity index (χ4v) is 5.46. The van der Waals surface area contributed by atoms with Gasteiger partial charge in [-0.1, -0.05) is 88.6 Å². The number of ether oxygens (including phenoxy) is 1. The second-order valence-electron chi connectivity index (χ2n) is 9.42. The first kappa shape index (κ1) is 20.8. The van der Waals surface area contributed by atoms with E-state index in [9.17, 15) is 4.79 Å². The molecule has 3 heteroatoms. The lowest BCUT2D eigenvalue weighted by atomic mass is 9.77. The van der Waals surface area contributed by atoms with E-state index < -0.39 is 0 Å². The zero-order valence-electron chi connectivity index (χ0n) is 19.3. The van der Waals surface area contributed by atoms with Crippen LogP contribution in [0.5, 0.6) is 5.75 Å². The van der Waals surface area contributed by atoms with Crippen LogP contribution in [0, 0.1) is 0 Å². The Kier molecular flexibility index (Phi) is 5.28. The summed E-state index contributed by atoms with van der Waals surface area (Å²) < 4.78 is 6.24. The van der Waals surface area contributed by atoms with Gasteiger partial charge in [-0.15, -0.1) is 0 Å². The standard InChI is InChI=1S/C29H31NO2/c1-4-5-6-11-17-30-28(31)22-16-18-32-27-20-13-8-7-12-19(20)24-21-14-9-10-15-23(21)29(2,3)26(24)25(22)27/h7-10,12-16H,4-6,11,17-18H2,1-3H3,(H,30,31). The monoisotopic (exact) mass is 425 g/mol. The summed E-state index contributed by atoms with van der Waals surface area (Å²) in [6.45, 7) is 7.86. The van der Waals surface area contributed by atoms with Crippen LogP contribution in [0.1, 0.15) is 63.1 Å². The van der Waals surface area contributed by atoms with Crippen molar-refractivity contribution in [1.29, 1.82) is 0 Å². The number of amides is 1. The molecule has 164 valence electrons. The van der Waals surface area contributed by atoms with Crippen LogP contribution in [0.25, 0.3) is 27.5 Å². The van der Waals surface area contributed by atoms with Crippen molar-refractivity contribution >= 4 is 22.3 Å². The van der Waals surface area contributed by atoms with Gasteiger partial charge < -0.3 is 10.1 Å². The van der Waals surface area contributed by atoms with Gasteiger partial charge in [-0.3, -0.25) is 4.79 Å². The van der Waals surface area contributed by atoms with Crippen molar-refractivity contribution in [3.05, 3.63) is 71.3 Å². The van der Waals surface area contributed by atoms with Gasteiger partial charge in [0, 0.05) is 28.5 Å². The highest BCUT2D eigenvalue weighted by atomic mass is 16.5. The van der Waals surface area contributed by atoms with E-state index in [1.807, 2.05) is 6.08 Å². The molecule has 0 radical (unpaired) electrons. The molecule has 0 fully saturated rings. The summed E-state index contributed by atoms with van der Waals surface area (Å²) in [5, 5.41) is 5.45. The van der Waals surface area contributed by atoms with Crippen molar-refractivity contribution in [3.63, 3.8) is 0 Å². The number of rotatable bonds is 6. The van der Waals surface area contributed by atoms with Crippen molar-refractivity contribution < 1.29 is 9.53 Å². The lowest BCUT2D eigenvalue weighted by molar-refractivity contribution is -0.115. The van der Waals surface area contributed by atoms with Crippen molar-refractivity contribution in [2.45, 2.75) is 51.9 Å². The molecule has 0 saturated heterocycles. The molecule has 1 aliphatic carbocycles. The maximum atomic E-state index is 13.4. The zero-order chi connectivity index (χ0) is 22.3. The average Bonchev–Trinajstić information content (AvgIpc) is 3.06. The topological polar surface area (TPSA) is 38.3 Å². The smallest absolute Gasteiger partial charge is 0.251 e. The first-order valence-electron chi connectivity index (χ1n) is 11.9. The Hall–Kier alpha value is -3.07. The van der Waals surface area contributed by atoms with Gasteiger partial charge in [-0.25, -0.2) is 0 Å². The predicted molar refractivity (Wildman–Crippen MR) is 132 cm³/mol. The van der Waals surface area contributed by atoms with E-state index in [2.05, 4.69) is 74.6 Å². The quantitative estimate of drug-likeness (QED) is 0.451. The SMILES string of the molecule is CCCCCCNC(=O)C1=CCOc2c1c1c(c3ccccc23)-c2ccccc2C1(C)C. The van der Waals surface area contributed by atoms with Gasteiger partial charge in [0.25, 0.3) is 5.91 Å². The number of carbonyl (C=O) groups excluding carboxylic acids is 1. The van der Waals surface area contributed by atoms with E-state index in [-0.39, 0.29) is 11.3 Å². The minimum Gasteiger partial charge on any atom is -0.488 e. The van der Waals surface area contributed by atoms with Crippen LogP contribution in [0.4, 0.5) is 0 Å². The Morgan fingerprint density at radius 1 is 0.969 bits per heavy atom. The van der Waals surface area contributed by atoms with Crippen LogP contribution >= 0.6 is 0 Å². The van der Waals surface area contributed by atoms with Gasteiger partial charge in [0.05, 0.1) is 0 Å². The molecule has 1 N–H and O–H groups in total. The molecule has 1 aliphatic heterocycles. The van der Waals surface area contributed by atoms with Crippen LogP contribution in [0.15, 0.2) is 54.6 Å². The maximum Gasteiger partial charge on any atom is 0.251 e. The lowest BCUT2D eigenvalue weighted by Gasteiger charge is -2.29. The first-order chi connectivity index (χ1) is 15.6. The van der Waals surface area contributed by atoms with Gasteiger partial charge in [-0.2, -0.15) is 0 Å². The summed E-state index contributed by atoms with van der Waals surface area (Å²) in [5.74, 6) is 0.856. The molecular weight excluding hydrogens is 394 g/mol. The Labute approximate surface area is 190 Å². The minimum absolute atomic E-state index is 0.00952. The summed E-state index contributed by atoms with van der Waals surface area (Å²) in [6, 6.07) is 17.1. The third-order valence-corrected chi connectivity index (χ3v) is 7.01. The zero-order valence-corrected chi connectivity index (χ0v) is 19.3. The molecule has 3 nitrogen and oxygen atoms in total. The molecule has 1 heterocycles. The summed E-state index contributed by atoms with van der Waals surface area (Å²) in [7, 11) is 0. The Morgan fingerprint density at radius 3 is 2.53 bits per heavy atom. The fourth-order valence-electron chi connectivity index (χ4n) is 5.46. The lowest BCUT2D eigenvalue weighted by Crippen LogP contribution is -2.29. The van der Waals surface area contributed by atoms with Crippen LogP contribution < -0.4 is 10.1 Å². The molecular formula is C29H31NO2. The highest BCUT2D eigenvalue weighted by molar-refractivity contribution is 6.24. The molecule has 0 aromatic heterocycles. The molecule has 2 aliphatic rings. The van der Waals surface area contributed by atoms with E-state index in [1.54, 1.807) is 0 Å². The molecule has 3 aromatic carbocycles. The average molecular weight is 426 g/mol. The molecule has 0 saturated carbocycles. The number of nitrogens with one attached hydrogen (secondary N) is 1. The van der Waals surface area contributed by atoms with E-state index >= 15 is 0 Å². The van der Waals surface area contributed by atoms with Crippen LogP contribution in [-0.4, -0.2) is 19.1 Å². The van der Waals surface area contributed by atoms with Crippen molar-refractivity contribution in [1.82, 2.24) is 5.32 Å². The largest absolute Gasteiger partial charge is 0.488 e. The normalized spacial score (nSPS) is 15.4. The van der Waals surface area contributed by atoms with Crippen molar-refractivity contribution in [2.75, 3.05) is 13.2 Å². The summed E-state index contributed by atoms with van der Waals surface area (Å²) in [6.07, 6.45) is 6.53. The minimum atomic E-state index is -0.221. The summed E-state index contributed by atoms with van der Waals surface area (Å²) in [5.41, 5.74) is 6.52. The molecule has 0 atom stereocenters. The van der Waals surface area contributed by atoms with Crippen LogP contribution in [0.2, 0.25) is 0 Å². The number of fused-ring (bicyclic) bond motifs is 8. The summed E-state index contributed by atoms with van der Waals surface area (Å²) >= 11 is 0. The Bertz CT molecular complexity index is 1240. The molecule has 3 aromatic rings. The highest BCUT2D eigenvalue weighted by Crippen LogP contribution is 2.57. The molecule has 1 amide bonds. The molecule has 0 bridgehead atoms. The van der Waals surface area contributed by atoms with Crippen molar-refractivity contribution in [2.24, 2.45) is 0 Å². The molecule has 0 spiro atoms. The summed E-state index contributed by atoms with van der Waals surface area (Å²) in [4.78, 5) is 13.4. The van der Waals surface area contributed by atoms with Gasteiger partial charge in [0.2, 0.25) is 0 Å². The number of carbonyl (C=O) groups is 1. The van der Waals surface area contributed by atoms with Gasteiger partial charge in [-0.05, 0) is 40.1 Å². The van der Waals surface area contributed by atoms with Crippen LogP contribution in [0.3, 0.4) is 0 Å². The third kappa shape index (κ3) is 3.14. The predicted octanol–water partition coefficient (Wildman–Crippen LogP) is 6.62. The molecule has 0 unspecified atom stereocenters. The number of benzene rings is 3. The van der Waals surface area contributed by atoms with E-state index in [0.717, 1.165) is 35.1 Å². The first-order valence-corrected chi connectivity index (χ1v) is 11.9. The van der Waals surface area contributed by atoms with E-state index in [0.29, 0.717) is 13.2 Å². The van der Waals surface area contributed by atoms with Crippen LogP contribution in [-0.2, 0) is 10.2 Å².